The number of thiocarbonyl (C=S) groups is 1. The molecule has 2 aromatic rings. The molecule has 1 aliphatic heterocycles. The largest absolute Gasteiger partial charge is 0.484 e. The van der Waals surface area contributed by atoms with Gasteiger partial charge in [0.25, 0.3) is 11.8 Å². The molecule has 1 fully saturated rings. The summed E-state index contributed by atoms with van der Waals surface area (Å²) in [5, 5.41) is 6.44. The molecule has 136 valence electrons. The third kappa shape index (κ3) is 5.77. The van der Waals surface area contributed by atoms with Gasteiger partial charge in [-0.2, -0.15) is 5.10 Å². The van der Waals surface area contributed by atoms with Crippen molar-refractivity contribution in [2.45, 2.75) is 0 Å². The van der Waals surface area contributed by atoms with E-state index in [0.717, 1.165) is 11.1 Å². The van der Waals surface area contributed by atoms with Crippen LogP contribution in [0.25, 0.3) is 6.08 Å². The van der Waals surface area contributed by atoms with E-state index < -0.39 is 0 Å². The summed E-state index contributed by atoms with van der Waals surface area (Å²) < 4.78 is 5.87. The fourth-order valence-electron chi connectivity index (χ4n) is 2.13. The second-order valence-electron chi connectivity index (χ2n) is 5.41. The Morgan fingerprint density at radius 2 is 1.89 bits per heavy atom. The van der Waals surface area contributed by atoms with Crippen LogP contribution in [0.2, 0.25) is 0 Å². The summed E-state index contributed by atoms with van der Waals surface area (Å²) in [6.07, 6.45) is 3.30. The molecule has 0 radical (unpaired) electrons. The zero-order valence-electron chi connectivity index (χ0n) is 14.0. The predicted octanol–water partition coefficient (Wildman–Crippen LogP) is 2.70. The molecule has 0 unspecified atom stereocenters. The van der Waals surface area contributed by atoms with E-state index in [9.17, 15) is 9.59 Å². The molecule has 0 bridgehead atoms. The van der Waals surface area contributed by atoms with E-state index in [4.69, 9.17) is 17.0 Å². The first-order chi connectivity index (χ1) is 13.1. The fourth-order valence-corrected chi connectivity index (χ4v) is 3.18. The lowest BCUT2D eigenvalue weighted by Crippen LogP contribution is -2.24. The van der Waals surface area contributed by atoms with E-state index in [-0.39, 0.29) is 18.4 Å². The third-order valence-corrected chi connectivity index (χ3v) is 4.55. The Hall–Kier alpha value is -2.97. The van der Waals surface area contributed by atoms with Gasteiger partial charge in [-0.1, -0.05) is 66.4 Å². The maximum absolute atomic E-state index is 11.8. The molecule has 6 nitrogen and oxygen atoms in total. The van der Waals surface area contributed by atoms with Crippen LogP contribution in [0.1, 0.15) is 11.1 Å². The minimum atomic E-state index is -0.360. The lowest BCUT2D eigenvalue weighted by atomic mass is 10.2. The third-order valence-electron chi connectivity index (χ3n) is 3.39. The van der Waals surface area contributed by atoms with Crippen LogP contribution in [0.15, 0.2) is 64.6 Å². The number of ether oxygens (including phenoxy) is 1. The van der Waals surface area contributed by atoms with Gasteiger partial charge in [-0.15, -0.1) is 0 Å². The highest BCUT2D eigenvalue weighted by molar-refractivity contribution is 8.26. The quantitative estimate of drug-likeness (QED) is 0.339. The van der Waals surface area contributed by atoms with Gasteiger partial charge in [0.1, 0.15) is 10.1 Å². The first-order valence-corrected chi connectivity index (χ1v) is 9.17. The fraction of sp³-hybridized carbons (Fsp3) is 0.0526. The number of rotatable bonds is 6. The number of hydrogen-bond acceptors (Lipinski definition) is 6. The number of benzene rings is 2. The van der Waals surface area contributed by atoms with Gasteiger partial charge in [0, 0.05) is 0 Å². The zero-order chi connectivity index (χ0) is 19.1. The van der Waals surface area contributed by atoms with Crippen molar-refractivity contribution in [2.75, 3.05) is 6.61 Å². The van der Waals surface area contributed by atoms with E-state index in [2.05, 4.69) is 15.8 Å². The summed E-state index contributed by atoms with van der Waals surface area (Å²) in [5.41, 5.74) is 4.13. The molecule has 2 aromatic carbocycles. The summed E-state index contributed by atoms with van der Waals surface area (Å²) in [5.74, 6) is -0.0163. The summed E-state index contributed by atoms with van der Waals surface area (Å²) in [4.78, 5) is 23.9. The van der Waals surface area contributed by atoms with Crippen LogP contribution in [-0.2, 0) is 9.59 Å². The van der Waals surface area contributed by atoms with Gasteiger partial charge in [-0.05, 0) is 29.3 Å². The molecule has 0 aromatic heterocycles. The predicted molar refractivity (Wildman–Crippen MR) is 110 cm³/mol. The van der Waals surface area contributed by atoms with Crippen LogP contribution >= 0.6 is 24.0 Å². The van der Waals surface area contributed by atoms with Crippen molar-refractivity contribution < 1.29 is 14.3 Å². The monoisotopic (exact) mass is 397 g/mol. The van der Waals surface area contributed by atoms with E-state index in [1.165, 1.54) is 11.8 Å². The normalized spacial score (nSPS) is 15.2. The number of carbonyl (C=O) groups is 2. The number of hydrogen-bond donors (Lipinski definition) is 2. The Morgan fingerprint density at radius 3 is 2.56 bits per heavy atom. The zero-order valence-corrected chi connectivity index (χ0v) is 15.7. The van der Waals surface area contributed by atoms with Gasteiger partial charge in [-0.25, -0.2) is 5.43 Å². The van der Waals surface area contributed by atoms with Crippen LogP contribution in [0, 0.1) is 0 Å². The highest BCUT2D eigenvalue weighted by Crippen LogP contribution is 2.26. The molecule has 27 heavy (non-hydrogen) atoms. The number of amides is 2. The average Bonchev–Trinajstić information content (AvgIpc) is 2.99. The highest BCUT2D eigenvalue weighted by atomic mass is 32.2. The van der Waals surface area contributed by atoms with E-state index in [1.807, 2.05) is 30.3 Å². The molecule has 0 aliphatic carbocycles. The van der Waals surface area contributed by atoms with Gasteiger partial charge in [0.2, 0.25) is 0 Å². The van der Waals surface area contributed by atoms with Crippen LogP contribution in [0.5, 0.6) is 5.75 Å². The van der Waals surface area contributed by atoms with E-state index in [0.29, 0.717) is 15.0 Å². The van der Waals surface area contributed by atoms with Crippen molar-refractivity contribution in [2.24, 2.45) is 5.10 Å². The average molecular weight is 397 g/mol. The Bertz CT molecular complexity index is 910. The standard InChI is InChI=1S/C19H15N3O3S2/c23-17(22-20-11-14-4-2-1-3-5-14)12-25-15-8-6-13(7-9-15)10-16-18(24)21-19(26)27-16/h1-11H,12H2,(H,22,23)(H,21,24,26)/b16-10-,20-11+. The van der Waals surface area contributed by atoms with Crippen molar-refractivity contribution in [1.29, 1.82) is 0 Å². The number of nitrogens with zero attached hydrogens (tertiary/aromatic N) is 1. The molecule has 1 aliphatic rings. The molecule has 8 heteroatoms. The highest BCUT2D eigenvalue weighted by Gasteiger charge is 2.21. The Labute approximate surface area is 165 Å². The first-order valence-electron chi connectivity index (χ1n) is 7.95. The van der Waals surface area contributed by atoms with Gasteiger partial charge < -0.3 is 10.1 Å². The Morgan fingerprint density at radius 1 is 1.15 bits per heavy atom. The molecular formula is C19H15N3O3S2. The van der Waals surface area contributed by atoms with Crippen molar-refractivity contribution in [3.05, 3.63) is 70.6 Å². The summed E-state index contributed by atoms with van der Waals surface area (Å²) in [6.45, 7) is -0.154. The number of hydrazone groups is 1. The molecule has 0 spiro atoms. The molecule has 1 saturated heterocycles. The van der Waals surface area contributed by atoms with Crippen molar-refractivity contribution in [3.63, 3.8) is 0 Å². The molecule has 1 heterocycles. The summed E-state index contributed by atoms with van der Waals surface area (Å²) in [7, 11) is 0. The van der Waals surface area contributed by atoms with E-state index >= 15 is 0 Å². The molecule has 0 saturated carbocycles. The maximum atomic E-state index is 11.8. The number of thioether (sulfide) groups is 1. The van der Waals surface area contributed by atoms with Gasteiger partial charge in [0.15, 0.2) is 6.61 Å². The molecule has 2 amide bonds. The van der Waals surface area contributed by atoms with Crippen molar-refractivity contribution >= 4 is 52.4 Å². The SMILES string of the molecule is O=C(COc1ccc(/C=C2\SC(=S)NC2=O)cc1)N/N=C/c1ccccc1. The first kappa shape index (κ1) is 18.8. The van der Waals surface area contributed by atoms with Crippen LogP contribution in [-0.4, -0.2) is 29.0 Å². The molecule has 3 rings (SSSR count). The number of nitrogens with one attached hydrogen (secondary N) is 2. The summed E-state index contributed by atoms with van der Waals surface area (Å²) >= 11 is 6.18. The van der Waals surface area contributed by atoms with Gasteiger partial charge in [-0.3, -0.25) is 9.59 Å². The van der Waals surface area contributed by atoms with Crippen LogP contribution < -0.4 is 15.5 Å². The second kappa shape index (κ2) is 9.11. The smallest absolute Gasteiger partial charge is 0.277 e. The minimum Gasteiger partial charge on any atom is -0.484 e. The minimum absolute atomic E-state index is 0.154. The van der Waals surface area contributed by atoms with Gasteiger partial charge >= 0.3 is 0 Å². The van der Waals surface area contributed by atoms with Crippen LogP contribution in [0.3, 0.4) is 0 Å². The van der Waals surface area contributed by atoms with Gasteiger partial charge in [0.05, 0.1) is 11.1 Å². The second-order valence-corrected chi connectivity index (χ2v) is 7.13. The van der Waals surface area contributed by atoms with Crippen molar-refractivity contribution in [3.8, 4) is 5.75 Å². The maximum Gasteiger partial charge on any atom is 0.277 e. The van der Waals surface area contributed by atoms with Crippen LogP contribution in [0.4, 0.5) is 0 Å². The molecule has 0 atom stereocenters. The number of carbonyl (C=O) groups excluding carboxylic acids is 2. The molecule has 2 N–H and O–H groups in total. The van der Waals surface area contributed by atoms with Crippen molar-refractivity contribution in [1.82, 2.24) is 10.7 Å². The Balaban J connectivity index is 1.48. The van der Waals surface area contributed by atoms with E-state index in [1.54, 1.807) is 36.6 Å². The lowest BCUT2D eigenvalue weighted by molar-refractivity contribution is -0.123. The molecular weight excluding hydrogens is 382 g/mol. The topological polar surface area (TPSA) is 79.8 Å². The Kier molecular flexibility index (Phi) is 6.35. The lowest BCUT2D eigenvalue weighted by Gasteiger charge is -2.05. The summed E-state index contributed by atoms with van der Waals surface area (Å²) in [6, 6.07) is 16.5.